The van der Waals surface area contributed by atoms with Crippen molar-refractivity contribution in [2.24, 2.45) is 11.3 Å². The predicted molar refractivity (Wildman–Crippen MR) is 63.3 cm³/mol. The van der Waals surface area contributed by atoms with Crippen LogP contribution in [0.1, 0.15) is 31.4 Å². The van der Waals surface area contributed by atoms with Crippen molar-refractivity contribution in [3.8, 4) is 0 Å². The largest absolute Gasteiger partial charge is 0.350 e. The molecule has 90 valence electrons. The van der Waals surface area contributed by atoms with Crippen LogP contribution in [0.25, 0.3) is 0 Å². The van der Waals surface area contributed by atoms with Crippen LogP contribution in [-0.4, -0.2) is 15.9 Å². The quantitative estimate of drug-likeness (QED) is 0.893. The van der Waals surface area contributed by atoms with Gasteiger partial charge in [0.05, 0.1) is 12.2 Å². The lowest BCUT2D eigenvalue weighted by atomic mass is 9.71. The lowest BCUT2D eigenvalue weighted by Gasteiger charge is -2.34. The third-order valence-electron chi connectivity index (χ3n) is 3.84. The molecule has 0 saturated heterocycles. The van der Waals surface area contributed by atoms with Crippen LogP contribution in [0, 0.1) is 11.3 Å². The topological polar surface area (TPSA) is 54.9 Å². The molecule has 0 aromatic carbocycles. The average molecular weight is 252 g/mol. The number of carbonyl (C=O) groups excluding carboxylic acids is 1. The SMILES string of the molecule is O=C(NCc1nccnc1Cl)C1CC2(CC2)C1. The summed E-state index contributed by atoms with van der Waals surface area (Å²) in [6.45, 7) is 0.370. The van der Waals surface area contributed by atoms with E-state index in [1.54, 1.807) is 6.20 Å². The van der Waals surface area contributed by atoms with E-state index in [4.69, 9.17) is 11.6 Å². The molecular formula is C12H14ClN3O. The maximum Gasteiger partial charge on any atom is 0.223 e. The number of rotatable bonds is 3. The van der Waals surface area contributed by atoms with Gasteiger partial charge in [-0.05, 0) is 31.1 Å². The summed E-state index contributed by atoms with van der Waals surface area (Å²) in [5, 5.41) is 3.24. The third-order valence-corrected chi connectivity index (χ3v) is 4.16. The Balaban J connectivity index is 1.51. The van der Waals surface area contributed by atoms with Crippen LogP contribution >= 0.6 is 11.6 Å². The Kier molecular flexibility index (Phi) is 2.54. The van der Waals surface area contributed by atoms with E-state index in [1.165, 1.54) is 19.0 Å². The molecule has 2 fully saturated rings. The summed E-state index contributed by atoms with van der Waals surface area (Å²) in [4.78, 5) is 19.8. The molecule has 0 radical (unpaired) electrons. The summed E-state index contributed by atoms with van der Waals surface area (Å²) in [7, 11) is 0. The highest BCUT2D eigenvalue weighted by molar-refractivity contribution is 6.29. The fourth-order valence-corrected chi connectivity index (χ4v) is 2.71. The fourth-order valence-electron chi connectivity index (χ4n) is 2.54. The third kappa shape index (κ3) is 2.14. The number of nitrogens with zero attached hydrogens (tertiary/aromatic N) is 2. The zero-order valence-electron chi connectivity index (χ0n) is 9.45. The molecular weight excluding hydrogens is 238 g/mol. The van der Waals surface area contributed by atoms with Crippen molar-refractivity contribution in [1.29, 1.82) is 0 Å². The first-order chi connectivity index (χ1) is 8.19. The standard InChI is InChI=1S/C12H14ClN3O/c13-10-9(14-3-4-15-10)7-16-11(17)8-5-12(6-8)1-2-12/h3-4,8H,1-2,5-7H2,(H,16,17). The van der Waals surface area contributed by atoms with Gasteiger partial charge in [-0.25, -0.2) is 4.98 Å². The average Bonchev–Trinajstić information content (AvgIpc) is 3.06. The number of halogens is 1. The van der Waals surface area contributed by atoms with Gasteiger partial charge >= 0.3 is 0 Å². The highest BCUT2D eigenvalue weighted by Crippen LogP contribution is 2.63. The molecule has 2 aliphatic carbocycles. The molecule has 2 saturated carbocycles. The predicted octanol–water partition coefficient (Wildman–Crippen LogP) is 1.94. The van der Waals surface area contributed by atoms with Crippen LogP contribution in [0.2, 0.25) is 5.15 Å². The molecule has 1 aromatic heterocycles. The number of carbonyl (C=O) groups is 1. The van der Waals surface area contributed by atoms with Gasteiger partial charge in [0, 0.05) is 18.3 Å². The fraction of sp³-hybridized carbons (Fsp3) is 0.583. The lowest BCUT2D eigenvalue weighted by molar-refractivity contribution is -0.129. The summed E-state index contributed by atoms with van der Waals surface area (Å²) >= 11 is 5.87. The summed E-state index contributed by atoms with van der Waals surface area (Å²) in [5.41, 5.74) is 1.19. The Morgan fingerprint density at radius 2 is 2.12 bits per heavy atom. The zero-order valence-corrected chi connectivity index (χ0v) is 10.2. The van der Waals surface area contributed by atoms with Gasteiger partial charge in [0.2, 0.25) is 5.91 Å². The van der Waals surface area contributed by atoms with Crippen LogP contribution in [-0.2, 0) is 11.3 Å². The Hall–Kier alpha value is -1.16. The molecule has 17 heavy (non-hydrogen) atoms. The van der Waals surface area contributed by atoms with Gasteiger partial charge in [0.15, 0.2) is 5.15 Å². The van der Waals surface area contributed by atoms with Crippen LogP contribution in [0.5, 0.6) is 0 Å². The Morgan fingerprint density at radius 3 is 2.76 bits per heavy atom. The summed E-state index contributed by atoms with van der Waals surface area (Å²) in [5.74, 6) is 0.331. The van der Waals surface area contributed by atoms with E-state index in [2.05, 4.69) is 15.3 Å². The van der Waals surface area contributed by atoms with Gasteiger partial charge in [-0.1, -0.05) is 11.6 Å². The van der Waals surface area contributed by atoms with Gasteiger partial charge in [0.25, 0.3) is 0 Å². The second-order valence-electron chi connectivity index (χ2n) is 5.12. The molecule has 1 aromatic rings. The van der Waals surface area contributed by atoms with Crippen LogP contribution in [0.15, 0.2) is 12.4 Å². The van der Waals surface area contributed by atoms with Gasteiger partial charge in [0.1, 0.15) is 0 Å². The first-order valence-electron chi connectivity index (χ1n) is 5.92. The molecule has 4 nitrogen and oxygen atoms in total. The highest BCUT2D eigenvalue weighted by Gasteiger charge is 2.54. The molecule has 1 spiro atoms. The van der Waals surface area contributed by atoms with Crippen molar-refractivity contribution in [3.63, 3.8) is 0 Å². The van der Waals surface area contributed by atoms with Crippen molar-refractivity contribution >= 4 is 17.5 Å². The molecule has 5 heteroatoms. The number of hydrogen-bond acceptors (Lipinski definition) is 3. The minimum Gasteiger partial charge on any atom is -0.350 e. The van der Waals surface area contributed by atoms with Crippen LogP contribution in [0.3, 0.4) is 0 Å². The van der Waals surface area contributed by atoms with Gasteiger partial charge in [-0.15, -0.1) is 0 Å². The summed E-state index contributed by atoms with van der Waals surface area (Å²) < 4.78 is 0. The second-order valence-corrected chi connectivity index (χ2v) is 5.47. The number of aromatic nitrogens is 2. The van der Waals surface area contributed by atoms with E-state index >= 15 is 0 Å². The second kappa shape index (κ2) is 3.95. The van der Waals surface area contributed by atoms with E-state index in [1.807, 2.05) is 0 Å². The minimum absolute atomic E-state index is 0.129. The first-order valence-corrected chi connectivity index (χ1v) is 6.29. The summed E-state index contributed by atoms with van der Waals surface area (Å²) in [6.07, 6.45) is 7.87. The lowest BCUT2D eigenvalue weighted by Crippen LogP contribution is -2.39. The van der Waals surface area contributed by atoms with Gasteiger partial charge in [-0.2, -0.15) is 0 Å². The van der Waals surface area contributed by atoms with E-state index < -0.39 is 0 Å². The monoisotopic (exact) mass is 251 g/mol. The van der Waals surface area contributed by atoms with Gasteiger partial charge < -0.3 is 5.32 Å². The molecule has 2 aliphatic rings. The highest BCUT2D eigenvalue weighted by atomic mass is 35.5. The maximum atomic E-state index is 11.8. The Morgan fingerprint density at radius 1 is 1.41 bits per heavy atom. The molecule has 3 rings (SSSR count). The Bertz CT molecular complexity index is 451. The van der Waals surface area contributed by atoms with Crippen molar-refractivity contribution < 1.29 is 4.79 Å². The van der Waals surface area contributed by atoms with E-state index in [0.717, 1.165) is 12.8 Å². The van der Waals surface area contributed by atoms with Crippen LogP contribution < -0.4 is 5.32 Å². The molecule has 0 aliphatic heterocycles. The van der Waals surface area contributed by atoms with Crippen molar-refractivity contribution in [3.05, 3.63) is 23.2 Å². The van der Waals surface area contributed by atoms with E-state index in [-0.39, 0.29) is 11.8 Å². The number of hydrogen-bond donors (Lipinski definition) is 1. The molecule has 0 unspecified atom stereocenters. The number of amides is 1. The van der Waals surface area contributed by atoms with Gasteiger partial charge in [-0.3, -0.25) is 9.78 Å². The number of nitrogens with one attached hydrogen (secondary N) is 1. The zero-order chi connectivity index (χ0) is 11.9. The normalized spacial score (nSPS) is 21.0. The van der Waals surface area contributed by atoms with Crippen molar-refractivity contribution in [2.45, 2.75) is 32.2 Å². The molecule has 1 amide bonds. The smallest absolute Gasteiger partial charge is 0.223 e. The molecule has 0 atom stereocenters. The Labute approximate surface area is 105 Å². The molecule has 0 bridgehead atoms. The molecule has 1 heterocycles. The van der Waals surface area contributed by atoms with Crippen LogP contribution in [0.4, 0.5) is 0 Å². The summed E-state index contributed by atoms with van der Waals surface area (Å²) in [6, 6.07) is 0. The van der Waals surface area contributed by atoms with E-state index in [0.29, 0.717) is 22.8 Å². The van der Waals surface area contributed by atoms with Crippen molar-refractivity contribution in [2.75, 3.05) is 0 Å². The molecule has 1 N–H and O–H groups in total. The first kappa shape index (κ1) is 11.0. The maximum absolute atomic E-state index is 11.8. The van der Waals surface area contributed by atoms with E-state index in [9.17, 15) is 4.79 Å². The minimum atomic E-state index is 0.129. The van der Waals surface area contributed by atoms with Crippen molar-refractivity contribution in [1.82, 2.24) is 15.3 Å².